The van der Waals surface area contributed by atoms with Crippen molar-refractivity contribution in [2.75, 3.05) is 75.1 Å². The number of rotatable bonds is 12. The predicted molar refractivity (Wildman–Crippen MR) is 296 cm³/mol. The van der Waals surface area contributed by atoms with Crippen molar-refractivity contribution in [1.29, 1.82) is 0 Å². The second-order valence-electron chi connectivity index (χ2n) is 30.3. The van der Waals surface area contributed by atoms with Gasteiger partial charge in [0.25, 0.3) is 0 Å². The summed E-state index contributed by atoms with van der Waals surface area (Å²) in [6.45, 7) is 48.3. The number of hydrogen-bond donors (Lipinski definition) is 0. The third kappa shape index (κ3) is 20.7. The van der Waals surface area contributed by atoms with Gasteiger partial charge in [0, 0.05) is 56.5 Å². The van der Waals surface area contributed by atoms with Gasteiger partial charge in [-0.25, -0.2) is 0 Å². The Bertz CT molecular complexity index is 1300. The molecule has 0 radical (unpaired) electrons. The predicted octanol–water partition coefficient (Wildman–Crippen LogP) is 14.6. The third-order valence-corrected chi connectivity index (χ3v) is 18.8. The number of ether oxygens (including phenoxy) is 1. The Morgan fingerprint density at radius 3 is 1.00 bits per heavy atom. The minimum absolute atomic E-state index is 0.501. The molecule has 1 unspecified atom stereocenters. The van der Waals surface area contributed by atoms with Crippen molar-refractivity contribution in [2.45, 2.75) is 251 Å². The van der Waals surface area contributed by atoms with E-state index >= 15 is 0 Å². The van der Waals surface area contributed by atoms with Crippen molar-refractivity contribution in [2.24, 2.45) is 68.5 Å². The van der Waals surface area contributed by atoms with E-state index < -0.39 is 0 Å². The zero-order valence-corrected chi connectivity index (χ0v) is 50.1. The zero-order chi connectivity index (χ0) is 51.0. The molecule has 0 N–H and O–H groups in total. The Labute approximate surface area is 422 Å². The zero-order valence-electron chi connectivity index (χ0n) is 50.1. The van der Waals surface area contributed by atoms with Crippen molar-refractivity contribution in [3.8, 4) is 0 Å². The first-order valence-corrected chi connectivity index (χ1v) is 28.7. The monoisotopic (exact) mass is 942 g/mol. The fraction of sp³-hybridized carbons (Fsp3) is 1.00. The van der Waals surface area contributed by atoms with Gasteiger partial charge < -0.3 is 29.2 Å². The van der Waals surface area contributed by atoms with E-state index in [0.29, 0.717) is 33.2 Å². The van der Waals surface area contributed by atoms with Gasteiger partial charge in [-0.1, -0.05) is 125 Å². The van der Waals surface area contributed by atoms with Crippen molar-refractivity contribution in [3.05, 3.63) is 0 Å². The molecular weight excluding hydrogens is 819 g/mol. The lowest BCUT2D eigenvalue weighted by atomic mass is 9.65. The molecule has 0 amide bonds. The average Bonchev–Trinajstić information content (AvgIpc) is 3.69. The van der Waals surface area contributed by atoms with E-state index in [9.17, 15) is 0 Å². The maximum absolute atomic E-state index is 5.69. The van der Waals surface area contributed by atoms with Crippen LogP contribution in [0.1, 0.15) is 215 Å². The van der Waals surface area contributed by atoms with Crippen LogP contribution in [-0.4, -0.2) is 136 Å². The van der Waals surface area contributed by atoms with Crippen LogP contribution in [-0.2, 0) is 4.74 Å². The van der Waals surface area contributed by atoms with E-state index in [1.54, 1.807) is 0 Å². The van der Waals surface area contributed by atoms with Crippen LogP contribution in [0.15, 0.2) is 0 Å². The Balaban J connectivity index is 0.000000223. The van der Waals surface area contributed by atoms with Gasteiger partial charge in [-0.3, -0.25) is 0 Å². The molecule has 7 fully saturated rings. The second-order valence-corrected chi connectivity index (χ2v) is 30.3. The Morgan fingerprint density at radius 2 is 0.731 bits per heavy atom. The van der Waals surface area contributed by atoms with Gasteiger partial charge in [0.1, 0.15) is 0 Å². The molecule has 6 saturated carbocycles. The van der Waals surface area contributed by atoms with Gasteiger partial charge in [-0.05, 0) is 207 Å². The summed E-state index contributed by atoms with van der Waals surface area (Å²) in [5.74, 6) is 6.59. The Morgan fingerprint density at radius 1 is 0.418 bits per heavy atom. The molecule has 1 aliphatic heterocycles. The molecule has 398 valence electrons. The Kier molecular flexibility index (Phi) is 23.3. The maximum atomic E-state index is 5.69. The largest absolute Gasteiger partial charge is 0.377 e. The van der Waals surface area contributed by atoms with E-state index in [1.165, 1.54) is 110 Å². The lowest BCUT2D eigenvalue weighted by molar-refractivity contribution is 0.00449. The summed E-state index contributed by atoms with van der Waals surface area (Å²) >= 11 is 0. The number of nitrogens with zero attached hydrogens (tertiary/aromatic N) is 5. The molecule has 7 rings (SSSR count). The molecule has 0 spiro atoms. The van der Waals surface area contributed by atoms with Crippen LogP contribution in [0.4, 0.5) is 0 Å². The highest BCUT2D eigenvalue weighted by Gasteiger charge is 2.43. The van der Waals surface area contributed by atoms with E-state index in [2.05, 4.69) is 191 Å². The van der Waals surface area contributed by atoms with Gasteiger partial charge in [0.2, 0.25) is 0 Å². The van der Waals surface area contributed by atoms with Gasteiger partial charge in [0.15, 0.2) is 0 Å². The van der Waals surface area contributed by atoms with Crippen LogP contribution in [0.2, 0.25) is 0 Å². The normalized spacial score (nSPS) is 32.1. The van der Waals surface area contributed by atoms with Crippen molar-refractivity contribution in [3.63, 3.8) is 0 Å². The maximum Gasteiger partial charge on any atom is 0.0702 e. The van der Waals surface area contributed by atoms with Crippen LogP contribution in [0.3, 0.4) is 0 Å². The topological polar surface area (TPSA) is 25.4 Å². The third-order valence-electron chi connectivity index (χ3n) is 18.8. The van der Waals surface area contributed by atoms with Gasteiger partial charge in [0.05, 0.1) is 6.10 Å². The molecule has 0 aromatic heterocycles. The summed E-state index contributed by atoms with van der Waals surface area (Å²) in [6, 6.07) is 4.31. The molecule has 1 heterocycles. The summed E-state index contributed by atoms with van der Waals surface area (Å²) in [6.07, 6.45) is 20.1. The fourth-order valence-electron chi connectivity index (χ4n) is 11.4. The van der Waals surface area contributed by atoms with Crippen LogP contribution in [0.5, 0.6) is 0 Å². The molecule has 6 aliphatic carbocycles. The molecule has 0 aromatic rings. The molecule has 0 bridgehead atoms. The second kappa shape index (κ2) is 25.6. The first kappa shape index (κ1) is 61.1. The lowest BCUT2D eigenvalue weighted by Gasteiger charge is -2.47. The number of likely N-dealkylation sites (N-methyl/N-ethyl adjacent to an activating group) is 1. The van der Waals surface area contributed by atoms with Crippen molar-refractivity contribution < 1.29 is 4.74 Å². The molecule has 1 atom stereocenters. The average molecular weight is 943 g/mol. The molecule has 0 aromatic carbocycles. The molecule has 6 nitrogen and oxygen atoms in total. The van der Waals surface area contributed by atoms with Gasteiger partial charge in [-0.2, -0.15) is 0 Å². The number of hydrogen-bond acceptors (Lipinski definition) is 6. The highest BCUT2D eigenvalue weighted by Crippen LogP contribution is 2.47. The highest BCUT2D eigenvalue weighted by atomic mass is 16.5. The molecule has 6 heteroatoms. The SMILES string of the molecule is CC(C)CN(C)C1CC(C(C)(C)C)C1.CCN(C)C1CC(C(C)(C)C)C1.CN(C)C1CC(C(C)(C)C)C1.CN(CC1CC1)C1CC(C(C)(C)C)C1.CN(CC1CCCO1)C1CC(C(C)(C)C)C1. The molecule has 7 aliphatic rings. The quantitative estimate of drug-likeness (QED) is 0.193. The lowest BCUT2D eigenvalue weighted by Crippen LogP contribution is -2.48. The molecule has 67 heavy (non-hydrogen) atoms. The van der Waals surface area contributed by atoms with Crippen LogP contribution in [0, 0.1) is 68.5 Å². The van der Waals surface area contributed by atoms with Gasteiger partial charge >= 0.3 is 0 Å². The summed E-state index contributed by atoms with van der Waals surface area (Å²) in [4.78, 5) is 12.5. The van der Waals surface area contributed by atoms with Crippen LogP contribution >= 0.6 is 0 Å². The highest BCUT2D eigenvalue weighted by molar-refractivity contribution is 4.96. The van der Waals surface area contributed by atoms with E-state index in [1.807, 2.05) is 0 Å². The van der Waals surface area contributed by atoms with Crippen molar-refractivity contribution >= 4 is 0 Å². The van der Waals surface area contributed by atoms with Crippen LogP contribution in [0.25, 0.3) is 0 Å². The van der Waals surface area contributed by atoms with Crippen molar-refractivity contribution in [1.82, 2.24) is 24.5 Å². The Hall–Kier alpha value is -0.240. The standard InChI is InChI=1S/C14H27NO.C13H25N.C13H27N.C11H23N.C10H21N/c1-14(2,3)11-8-12(9-11)15(4)10-13-6-5-7-16-13;1-13(2,3)11-7-12(8-11)14(4)9-10-5-6-10;1-10(2)9-14(6)12-7-11(8-12)13(3,4)5;1-6-12(5)10-7-9(8-10)11(2,3)4;1-10(2,3)8-6-9(7-8)11(4)5/h11-13H,5-10H2,1-4H3;10-12H,5-9H2,1-4H3;10-12H,7-9H2,1-6H3;9-10H,6-8H2,1-5H3;8-9H,6-7H2,1-5H3. The minimum Gasteiger partial charge on any atom is -0.377 e. The van der Waals surface area contributed by atoms with Gasteiger partial charge in [-0.15, -0.1) is 0 Å². The first-order chi connectivity index (χ1) is 30.6. The van der Waals surface area contributed by atoms with E-state index in [0.717, 1.165) is 84.8 Å². The van der Waals surface area contributed by atoms with Crippen LogP contribution < -0.4 is 0 Å². The molecular formula is C61H123N5O. The first-order valence-electron chi connectivity index (χ1n) is 28.7. The van der Waals surface area contributed by atoms with E-state index in [-0.39, 0.29) is 0 Å². The summed E-state index contributed by atoms with van der Waals surface area (Å²) in [5.41, 5.74) is 2.63. The summed E-state index contributed by atoms with van der Waals surface area (Å²) < 4.78 is 5.69. The molecule has 1 saturated heterocycles. The summed E-state index contributed by atoms with van der Waals surface area (Å²) in [5, 5.41) is 0. The smallest absolute Gasteiger partial charge is 0.0702 e. The minimum atomic E-state index is 0.501. The summed E-state index contributed by atoms with van der Waals surface area (Å²) in [7, 11) is 13.5. The fourth-order valence-corrected chi connectivity index (χ4v) is 11.4. The van der Waals surface area contributed by atoms with E-state index in [4.69, 9.17) is 4.74 Å².